The van der Waals surface area contributed by atoms with Gasteiger partial charge in [0.2, 0.25) is 0 Å². The van der Waals surface area contributed by atoms with E-state index in [-0.39, 0.29) is 5.91 Å². The molecule has 1 N–H and O–H groups in total. The van der Waals surface area contributed by atoms with Crippen molar-refractivity contribution in [2.24, 2.45) is 5.92 Å². The maximum atomic E-state index is 12.5. The number of amides is 1. The molecular formula is C14H21N3O. The molecule has 1 amide bonds. The summed E-state index contributed by atoms with van der Waals surface area (Å²) in [7, 11) is 0. The van der Waals surface area contributed by atoms with Crippen LogP contribution in [0.25, 0.3) is 0 Å². The van der Waals surface area contributed by atoms with Gasteiger partial charge in [0.05, 0.1) is 0 Å². The molecule has 1 aromatic heterocycles. The van der Waals surface area contributed by atoms with Gasteiger partial charge in [-0.15, -0.1) is 0 Å². The number of likely N-dealkylation sites (tertiary alicyclic amines) is 1. The zero-order chi connectivity index (χ0) is 12.5. The third-order valence-corrected chi connectivity index (χ3v) is 4.28. The molecule has 2 unspecified atom stereocenters. The van der Waals surface area contributed by atoms with E-state index < -0.39 is 0 Å². The number of piperidine rings is 1. The highest BCUT2D eigenvalue weighted by atomic mass is 16.2. The van der Waals surface area contributed by atoms with E-state index >= 15 is 0 Å². The summed E-state index contributed by atoms with van der Waals surface area (Å²) in [6.07, 6.45) is 4.49. The van der Waals surface area contributed by atoms with Crippen molar-refractivity contribution < 1.29 is 4.79 Å². The summed E-state index contributed by atoms with van der Waals surface area (Å²) in [5.74, 6) is 0.853. The topological polar surface area (TPSA) is 37.3 Å². The monoisotopic (exact) mass is 247 g/mol. The fourth-order valence-electron chi connectivity index (χ4n) is 3.26. The number of hydrogen-bond donors (Lipinski definition) is 1. The van der Waals surface area contributed by atoms with Crippen LogP contribution in [-0.4, -0.2) is 41.1 Å². The standard InChI is InChI=1S/C14H21N3O/c1-2-16-8-4-6-13(16)14(18)17-9-11-5-3-7-15-12(11)10-17/h4,6,8,11-12,15H,2-3,5,7,9-10H2,1H3. The molecule has 0 bridgehead atoms. The number of fused-ring (bicyclic) bond motifs is 1. The van der Waals surface area contributed by atoms with Crippen molar-refractivity contribution in [2.45, 2.75) is 32.4 Å². The number of aromatic nitrogens is 1. The van der Waals surface area contributed by atoms with Crippen molar-refractivity contribution >= 4 is 5.91 Å². The molecule has 4 nitrogen and oxygen atoms in total. The van der Waals surface area contributed by atoms with Crippen LogP contribution >= 0.6 is 0 Å². The van der Waals surface area contributed by atoms with Gasteiger partial charge in [0.1, 0.15) is 5.69 Å². The lowest BCUT2D eigenvalue weighted by Crippen LogP contribution is -2.41. The molecule has 2 saturated heterocycles. The van der Waals surface area contributed by atoms with Gasteiger partial charge >= 0.3 is 0 Å². The van der Waals surface area contributed by atoms with Crippen molar-refractivity contribution in [1.29, 1.82) is 0 Å². The van der Waals surface area contributed by atoms with Crippen molar-refractivity contribution in [3.63, 3.8) is 0 Å². The molecule has 0 saturated carbocycles. The predicted octanol–water partition coefficient (Wildman–Crippen LogP) is 1.33. The first-order valence-electron chi connectivity index (χ1n) is 6.97. The van der Waals surface area contributed by atoms with Crippen molar-refractivity contribution in [2.75, 3.05) is 19.6 Å². The Labute approximate surface area is 108 Å². The SMILES string of the molecule is CCn1cccc1C(=O)N1CC2CCCNC2C1. The highest BCUT2D eigenvalue weighted by molar-refractivity contribution is 5.93. The molecule has 2 fully saturated rings. The van der Waals surface area contributed by atoms with Crippen LogP contribution in [0.4, 0.5) is 0 Å². The molecule has 2 atom stereocenters. The fraction of sp³-hybridized carbons (Fsp3) is 0.643. The number of carbonyl (C=O) groups excluding carboxylic acids is 1. The number of hydrogen-bond acceptors (Lipinski definition) is 2. The predicted molar refractivity (Wildman–Crippen MR) is 70.5 cm³/mol. The van der Waals surface area contributed by atoms with E-state index in [0.717, 1.165) is 31.9 Å². The maximum absolute atomic E-state index is 12.5. The Balaban J connectivity index is 1.74. The first-order valence-corrected chi connectivity index (χ1v) is 6.97. The van der Waals surface area contributed by atoms with Gasteiger partial charge in [0, 0.05) is 31.9 Å². The number of nitrogens with zero attached hydrogens (tertiary/aromatic N) is 2. The third kappa shape index (κ3) is 1.94. The molecule has 3 rings (SSSR count). The quantitative estimate of drug-likeness (QED) is 0.856. The minimum Gasteiger partial charge on any atom is -0.344 e. The van der Waals surface area contributed by atoms with E-state index in [1.807, 2.05) is 27.8 Å². The molecule has 18 heavy (non-hydrogen) atoms. The molecule has 3 heterocycles. The average Bonchev–Trinajstić information content (AvgIpc) is 3.03. The van der Waals surface area contributed by atoms with Gasteiger partial charge in [0.15, 0.2) is 0 Å². The second kappa shape index (κ2) is 4.76. The van der Waals surface area contributed by atoms with Gasteiger partial charge in [-0.05, 0) is 44.4 Å². The van der Waals surface area contributed by atoms with Crippen molar-refractivity contribution in [3.8, 4) is 0 Å². The van der Waals surface area contributed by atoms with Gasteiger partial charge in [-0.2, -0.15) is 0 Å². The van der Waals surface area contributed by atoms with Crippen LogP contribution in [0.2, 0.25) is 0 Å². The Morgan fingerprint density at radius 3 is 3.17 bits per heavy atom. The van der Waals surface area contributed by atoms with E-state index in [1.54, 1.807) is 0 Å². The Morgan fingerprint density at radius 1 is 1.50 bits per heavy atom. The molecule has 0 aliphatic carbocycles. The third-order valence-electron chi connectivity index (χ3n) is 4.28. The number of nitrogens with one attached hydrogen (secondary N) is 1. The smallest absolute Gasteiger partial charge is 0.270 e. The largest absolute Gasteiger partial charge is 0.344 e. The van der Waals surface area contributed by atoms with Crippen LogP contribution in [0.5, 0.6) is 0 Å². The molecule has 2 aliphatic heterocycles. The lowest BCUT2D eigenvalue weighted by Gasteiger charge is -2.24. The molecule has 1 aromatic rings. The van der Waals surface area contributed by atoms with E-state index in [2.05, 4.69) is 12.2 Å². The average molecular weight is 247 g/mol. The number of aryl methyl sites for hydroxylation is 1. The number of carbonyl (C=O) groups is 1. The zero-order valence-corrected chi connectivity index (χ0v) is 10.9. The van der Waals surface area contributed by atoms with Crippen LogP contribution in [0.15, 0.2) is 18.3 Å². The lowest BCUT2D eigenvalue weighted by atomic mass is 9.94. The summed E-state index contributed by atoms with van der Waals surface area (Å²) in [4.78, 5) is 14.5. The highest BCUT2D eigenvalue weighted by Crippen LogP contribution is 2.26. The Bertz CT molecular complexity index is 426. The summed E-state index contributed by atoms with van der Waals surface area (Å²) >= 11 is 0. The van der Waals surface area contributed by atoms with E-state index in [4.69, 9.17) is 0 Å². The Hall–Kier alpha value is -1.29. The van der Waals surface area contributed by atoms with Crippen molar-refractivity contribution in [1.82, 2.24) is 14.8 Å². The van der Waals surface area contributed by atoms with Gasteiger partial charge in [-0.1, -0.05) is 0 Å². The van der Waals surface area contributed by atoms with Gasteiger partial charge in [-0.3, -0.25) is 4.79 Å². The molecule has 98 valence electrons. The van der Waals surface area contributed by atoms with Crippen LogP contribution in [-0.2, 0) is 6.54 Å². The minimum atomic E-state index is 0.193. The lowest BCUT2D eigenvalue weighted by molar-refractivity contribution is 0.0775. The summed E-state index contributed by atoms with van der Waals surface area (Å²) in [5, 5.41) is 3.54. The van der Waals surface area contributed by atoms with Gasteiger partial charge in [-0.25, -0.2) is 0 Å². The van der Waals surface area contributed by atoms with Crippen LogP contribution in [0.3, 0.4) is 0 Å². The van der Waals surface area contributed by atoms with E-state index in [0.29, 0.717) is 12.0 Å². The molecular weight excluding hydrogens is 226 g/mol. The molecule has 0 radical (unpaired) electrons. The van der Waals surface area contributed by atoms with Crippen LogP contribution in [0, 0.1) is 5.92 Å². The molecule has 2 aliphatic rings. The van der Waals surface area contributed by atoms with E-state index in [1.165, 1.54) is 12.8 Å². The Kier molecular flexibility index (Phi) is 3.12. The highest BCUT2D eigenvalue weighted by Gasteiger charge is 2.37. The summed E-state index contributed by atoms with van der Waals surface area (Å²) < 4.78 is 2.03. The fourth-order valence-corrected chi connectivity index (χ4v) is 3.26. The maximum Gasteiger partial charge on any atom is 0.270 e. The Morgan fingerprint density at radius 2 is 2.39 bits per heavy atom. The summed E-state index contributed by atoms with van der Waals surface area (Å²) in [6.45, 7) is 5.83. The van der Waals surface area contributed by atoms with Crippen LogP contribution < -0.4 is 5.32 Å². The van der Waals surface area contributed by atoms with Gasteiger partial charge in [0.25, 0.3) is 5.91 Å². The van der Waals surface area contributed by atoms with Crippen molar-refractivity contribution in [3.05, 3.63) is 24.0 Å². The van der Waals surface area contributed by atoms with Crippen LogP contribution in [0.1, 0.15) is 30.3 Å². The summed E-state index contributed by atoms with van der Waals surface area (Å²) in [5.41, 5.74) is 0.830. The summed E-state index contributed by atoms with van der Waals surface area (Å²) in [6, 6.07) is 4.41. The number of rotatable bonds is 2. The van der Waals surface area contributed by atoms with E-state index in [9.17, 15) is 4.79 Å². The first kappa shape index (κ1) is 11.8. The first-order chi connectivity index (χ1) is 8.79. The normalized spacial score (nSPS) is 27.3. The molecule has 0 spiro atoms. The minimum absolute atomic E-state index is 0.193. The second-order valence-electron chi connectivity index (χ2n) is 5.35. The molecule has 4 heteroatoms. The second-order valence-corrected chi connectivity index (χ2v) is 5.35. The molecule has 0 aromatic carbocycles. The van der Waals surface area contributed by atoms with Gasteiger partial charge < -0.3 is 14.8 Å². The zero-order valence-electron chi connectivity index (χ0n) is 10.9.